The van der Waals surface area contributed by atoms with E-state index in [-0.39, 0.29) is 11.7 Å². The first-order valence-corrected chi connectivity index (χ1v) is 14.1. The van der Waals surface area contributed by atoms with Gasteiger partial charge < -0.3 is 14.8 Å². The number of rotatable bonds is 9. The number of benzene rings is 3. The normalized spacial score (nSPS) is 15.4. The van der Waals surface area contributed by atoms with Gasteiger partial charge in [0, 0.05) is 12.1 Å². The van der Waals surface area contributed by atoms with E-state index in [1.165, 1.54) is 18.9 Å². The molecule has 2 amide bonds. The summed E-state index contributed by atoms with van der Waals surface area (Å²) in [6.07, 6.45) is 1.11. The number of alkyl halides is 3. The van der Waals surface area contributed by atoms with E-state index in [9.17, 15) is 9.59 Å². The van der Waals surface area contributed by atoms with Gasteiger partial charge in [-0.3, -0.25) is 14.5 Å². The molecule has 1 saturated heterocycles. The molecule has 1 aliphatic heterocycles. The lowest BCUT2D eigenvalue weighted by atomic mass is 10.1. The maximum absolute atomic E-state index is 13.0. The van der Waals surface area contributed by atoms with Crippen LogP contribution < -0.4 is 14.8 Å². The summed E-state index contributed by atoms with van der Waals surface area (Å²) < 4.78 is 9.88. The smallest absolute Gasteiger partial charge is 0.266 e. The van der Waals surface area contributed by atoms with E-state index >= 15 is 0 Å². The maximum atomic E-state index is 13.0. The van der Waals surface area contributed by atoms with Crippen molar-refractivity contribution in [3.05, 3.63) is 100 Å². The summed E-state index contributed by atoms with van der Waals surface area (Å²) >= 11 is 25.0. The number of nitrogens with one attached hydrogen (secondary N) is 1. The standard InChI is InChI=1S/C28H23Cl3N2O4S2/c1-36-22-16-19(17-23-25(35)33(27(38)39-23)15-14-18-8-4-2-5-9-18)12-13-21(22)37-26(28(29,30)31)32-24(34)20-10-6-3-7-11-20/h2-13,16-17,26H,14-15H2,1H3,(H,32,34)/b23-17-/t26-/m0/s1. The lowest BCUT2D eigenvalue weighted by Crippen LogP contribution is -2.47. The third-order valence-electron chi connectivity index (χ3n) is 5.67. The molecule has 0 aromatic heterocycles. The van der Waals surface area contributed by atoms with Gasteiger partial charge in [-0.05, 0) is 47.9 Å². The van der Waals surface area contributed by atoms with Gasteiger partial charge in [0.05, 0.1) is 12.0 Å². The van der Waals surface area contributed by atoms with E-state index in [1.54, 1.807) is 59.5 Å². The van der Waals surface area contributed by atoms with Crippen LogP contribution in [-0.2, 0) is 11.2 Å². The van der Waals surface area contributed by atoms with Crippen molar-refractivity contribution in [2.45, 2.75) is 16.4 Å². The number of carbonyl (C=O) groups excluding carboxylic acids is 2. The molecule has 0 spiro atoms. The van der Waals surface area contributed by atoms with Crippen molar-refractivity contribution in [1.82, 2.24) is 10.2 Å². The molecule has 1 N–H and O–H groups in total. The molecule has 1 atom stereocenters. The number of amides is 2. The van der Waals surface area contributed by atoms with Crippen LogP contribution >= 0.6 is 58.8 Å². The Morgan fingerprint density at radius 3 is 2.36 bits per heavy atom. The van der Waals surface area contributed by atoms with Gasteiger partial charge in [-0.1, -0.05) is 113 Å². The fourth-order valence-corrected chi connectivity index (χ4v) is 5.30. The summed E-state index contributed by atoms with van der Waals surface area (Å²) in [7, 11) is 1.46. The lowest BCUT2D eigenvalue weighted by molar-refractivity contribution is -0.122. The molecule has 11 heteroatoms. The highest BCUT2D eigenvalue weighted by molar-refractivity contribution is 8.26. The Morgan fingerprint density at radius 2 is 1.72 bits per heavy atom. The number of thiocarbonyl (C=S) groups is 1. The molecule has 4 rings (SSSR count). The largest absolute Gasteiger partial charge is 0.493 e. The Hall–Kier alpha value is -2.75. The number of nitrogens with zero attached hydrogens (tertiary/aromatic N) is 1. The van der Waals surface area contributed by atoms with Gasteiger partial charge in [0.15, 0.2) is 11.5 Å². The minimum atomic E-state index is -1.98. The molecule has 3 aromatic rings. The molecule has 6 nitrogen and oxygen atoms in total. The predicted molar refractivity (Wildman–Crippen MR) is 162 cm³/mol. The van der Waals surface area contributed by atoms with E-state index in [4.69, 9.17) is 56.5 Å². The minimum absolute atomic E-state index is 0.153. The Morgan fingerprint density at radius 1 is 1.05 bits per heavy atom. The topological polar surface area (TPSA) is 67.9 Å². The van der Waals surface area contributed by atoms with Crippen LogP contribution in [0.4, 0.5) is 0 Å². The highest BCUT2D eigenvalue weighted by Crippen LogP contribution is 2.37. The summed E-state index contributed by atoms with van der Waals surface area (Å²) in [5.74, 6) is -0.0804. The molecule has 202 valence electrons. The molecule has 39 heavy (non-hydrogen) atoms. The van der Waals surface area contributed by atoms with Gasteiger partial charge in [0.25, 0.3) is 11.8 Å². The molecular weight excluding hydrogens is 599 g/mol. The average molecular weight is 622 g/mol. The van der Waals surface area contributed by atoms with Crippen LogP contribution in [0.1, 0.15) is 21.5 Å². The third-order valence-corrected chi connectivity index (χ3v) is 7.64. The van der Waals surface area contributed by atoms with Gasteiger partial charge >= 0.3 is 0 Å². The van der Waals surface area contributed by atoms with Crippen LogP contribution in [0, 0.1) is 0 Å². The first kappa shape index (κ1) is 29.2. The number of hydrogen-bond acceptors (Lipinski definition) is 6. The zero-order valence-electron chi connectivity index (χ0n) is 20.6. The van der Waals surface area contributed by atoms with E-state index in [1.807, 2.05) is 30.3 Å². The van der Waals surface area contributed by atoms with Crippen LogP contribution in [0.25, 0.3) is 6.08 Å². The van der Waals surface area contributed by atoms with Gasteiger partial charge in [-0.25, -0.2) is 0 Å². The summed E-state index contributed by atoms with van der Waals surface area (Å²) in [5.41, 5.74) is 2.19. The number of ether oxygens (including phenoxy) is 2. The number of carbonyl (C=O) groups is 2. The van der Waals surface area contributed by atoms with Crippen molar-refractivity contribution in [1.29, 1.82) is 0 Å². The van der Waals surface area contributed by atoms with Crippen molar-refractivity contribution < 1.29 is 19.1 Å². The molecule has 0 radical (unpaired) electrons. The third kappa shape index (κ3) is 7.68. The first-order chi connectivity index (χ1) is 18.7. The fraction of sp³-hybridized carbons (Fsp3) is 0.179. The van der Waals surface area contributed by atoms with E-state index in [0.717, 1.165) is 5.56 Å². The number of methoxy groups -OCH3 is 1. The summed E-state index contributed by atoms with van der Waals surface area (Å²) in [4.78, 5) is 27.8. The second kappa shape index (κ2) is 13.1. The van der Waals surface area contributed by atoms with Crippen molar-refractivity contribution >= 4 is 81.0 Å². The molecular formula is C28H23Cl3N2O4S2. The van der Waals surface area contributed by atoms with Crippen LogP contribution in [0.2, 0.25) is 0 Å². The molecule has 0 bridgehead atoms. The number of thioether (sulfide) groups is 1. The lowest BCUT2D eigenvalue weighted by Gasteiger charge is -2.27. The molecule has 0 unspecified atom stereocenters. The van der Waals surface area contributed by atoms with Crippen LogP contribution in [-0.4, -0.2) is 44.7 Å². The van der Waals surface area contributed by atoms with Crippen molar-refractivity contribution in [3.63, 3.8) is 0 Å². The predicted octanol–water partition coefficient (Wildman–Crippen LogP) is 6.64. The second-order valence-corrected chi connectivity index (χ2v) is 12.4. The van der Waals surface area contributed by atoms with Crippen LogP contribution in [0.15, 0.2) is 83.8 Å². The molecule has 1 fully saturated rings. The number of halogens is 3. The Kier molecular flexibility index (Phi) is 9.80. The van der Waals surface area contributed by atoms with E-state index in [2.05, 4.69) is 5.32 Å². The monoisotopic (exact) mass is 620 g/mol. The fourth-order valence-electron chi connectivity index (χ4n) is 3.70. The van der Waals surface area contributed by atoms with Crippen LogP contribution in [0.5, 0.6) is 11.5 Å². The maximum Gasteiger partial charge on any atom is 0.266 e. The van der Waals surface area contributed by atoms with E-state index in [0.29, 0.717) is 39.1 Å². The molecule has 1 aliphatic rings. The summed E-state index contributed by atoms with van der Waals surface area (Å²) in [6.45, 7) is 0.495. The SMILES string of the molecule is COc1cc(/C=C2\SC(=S)N(CCc3ccccc3)C2=O)ccc1O[C@H](NC(=O)c1ccccc1)C(Cl)(Cl)Cl. The average Bonchev–Trinajstić information content (AvgIpc) is 3.19. The van der Waals surface area contributed by atoms with Gasteiger partial charge in [-0.15, -0.1) is 0 Å². The van der Waals surface area contributed by atoms with Gasteiger partial charge in [0.2, 0.25) is 10.0 Å². The Labute approximate surface area is 251 Å². The highest BCUT2D eigenvalue weighted by atomic mass is 35.6. The van der Waals surface area contributed by atoms with Gasteiger partial charge in [0.1, 0.15) is 4.32 Å². The van der Waals surface area contributed by atoms with Crippen molar-refractivity contribution in [3.8, 4) is 11.5 Å². The minimum Gasteiger partial charge on any atom is -0.493 e. The summed E-state index contributed by atoms with van der Waals surface area (Å²) in [5, 5.41) is 2.59. The molecule has 0 aliphatic carbocycles. The van der Waals surface area contributed by atoms with Crippen LogP contribution in [0.3, 0.4) is 0 Å². The zero-order valence-corrected chi connectivity index (χ0v) is 24.5. The molecule has 1 heterocycles. The Bertz CT molecular complexity index is 1380. The Balaban J connectivity index is 1.48. The summed E-state index contributed by atoms with van der Waals surface area (Å²) in [6, 6.07) is 23.4. The zero-order chi connectivity index (χ0) is 28.0. The van der Waals surface area contributed by atoms with Gasteiger partial charge in [-0.2, -0.15) is 0 Å². The quantitative estimate of drug-likeness (QED) is 0.125. The second-order valence-electron chi connectivity index (χ2n) is 8.36. The first-order valence-electron chi connectivity index (χ1n) is 11.7. The highest BCUT2D eigenvalue weighted by Gasteiger charge is 2.37. The molecule has 3 aromatic carbocycles. The molecule has 0 saturated carbocycles. The van der Waals surface area contributed by atoms with Crippen molar-refractivity contribution in [2.24, 2.45) is 0 Å². The number of hydrogen-bond donors (Lipinski definition) is 1. The van der Waals surface area contributed by atoms with E-state index < -0.39 is 15.9 Å². The van der Waals surface area contributed by atoms with Crippen molar-refractivity contribution in [2.75, 3.05) is 13.7 Å².